The number of pyridine rings is 1. The second-order valence-electron chi connectivity index (χ2n) is 4.30. The second-order valence-corrected chi connectivity index (χ2v) is 4.30. The molecule has 0 aliphatic heterocycles. The molecule has 0 saturated carbocycles. The molecule has 1 atom stereocenters. The second kappa shape index (κ2) is 5.99. The molecule has 100 valence electrons. The maximum atomic E-state index is 6.07. The van der Waals surface area contributed by atoms with Gasteiger partial charge in [0.1, 0.15) is 12.0 Å². The maximum Gasteiger partial charge on any atom is 0.159 e. The minimum atomic E-state index is 0.311. The van der Waals surface area contributed by atoms with Crippen molar-refractivity contribution in [2.45, 2.75) is 26.3 Å². The highest BCUT2D eigenvalue weighted by Gasteiger charge is 2.09. The molecule has 0 radical (unpaired) electrons. The molecule has 2 aromatic heterocycles. The summed E-state index contributed by atoms with van der Waals surface area (Å²) in [6, 6.07) is 4.01. The van der Waals surface area contributed by atoms with E-state index in [2.05, 4.69) is 39.4 Å². The third kappa shape index (κ3) is 3.31. The van der Waals surface area contributed by atoms with Crippen molar-refractivity contribution in [3.05, 3.63) is 30.9 Å². The summed E-state index contributed by atoms with van der Waals surface area (Å²) >= 11 is 0. The average molecular weight is 258 g/mol. The Balaban J connectivity index is 2.20. The van der Waals surface area contributed by atoms with Gasteiger partial charge in [0.05, 0.1) is 0 Å². The molecule has 4 N–H and O–H groups in total. The van der Waals surface area contributed by atoms with Crippen LogP contribution in [0, 0.1) is 0 Å². The van der Waals surface area contributed by atoms with Gasteiger partial charge in [0.15, 0.2) is 11.6 Å². The summed E-state index contributed by atoms with van der Waals surface area (Å²) in [6.07, 6.45) is 5.90. The van der Waals surface area contributed by atoms with Crippen LogP contribution >= 0.6 is 0 Å². The maximum absolute atomic E-state index is 6.07. The molecule has 0 fully saturated rings. The molecule has 1 unspecified atom stereocenters. The quantitative estimate of drug-likeness (QED) is 0.763. The monoisotopic (exact) mass is 258 g/mol. The summed E-state index contributed by atoms with van der Waals surface area (Å²) in [7, 11) is 0. The largest absolute Gasteiger partial charge is 0.393 e. The molecule has 19 heavy (non-hydrogen) atoms. The third-order valence-electron chi connectivity index (χ3n) is 2.82. The number of nitrogen functional groups attached to an aromatic ring is 1. The van der Waals surface area contributed by atoms with Crippen molar-refractivity contribution < 1.29 is 0 Å². The lowest BCUT2D eigenvalue weighted by molar-refractivity contribution is 0.759. The van der Waals surface area contributed by atoms with Crippen LogP contribution in [0.4, 0.5) is 23.0 Å². The average Bonchev–Trinajstić information content (AvgIpc) is 2.44. The normalized spacial score (nSPS) is 11.9. The lowest BCUT2D eigenvalue weighted by atomic mass is 10.2. The minimum Gasteiger partial charge on any atom is -0.393 e. The Bertz CT molecular complexity index is 528. The number of nitrogens with one attached hydrogen (secondary N) is 2. The number of aromatic nitrogens is 3. The van der Waals surface area contributed by atoms with Gasteiger partial charge in [-0.1, -0.05) is 6.92 Å². The fourth-order valence-electron chi connectivity index (χ4n) is 1.52. The molecule has 0 saturated heterocycles. The third-order valence-corrected chi connectivity index (χ3v) is 2.82. The number of anilines is 4. The highest BCUT2D eigenvalue weighted by molar-refractivity contribution is 5.77. The first-order valence-corrected chi connectivity index (χ1v) is 6.24. The minimum absolute atomic E-state index is 0.311. The first-order chi connectivity index (χ1) is 9.20. The molecule has 0 bridgehead atoms. The molecule has 6 heteroatoms. The van der Waals surface area contributed by atoms with Crippen LogP contribution in [0.5, 0.6) is 0 Å². The predicted molar refractivity (Wildman–Crippen MR) is 77.3 cm³/mol. The van der Waals surface area contributed by atoms with Gasteiger partial charge in [-0.15, -0.1) is 0 Å². The molecule has 0 spiro atoms. The summed E-state index contributed by atoms with van der Waals surface area (Å²) in [5.74, 6) is 1.24. The lowest BCUT2D eigenvalue weighted by Gasteiger charge is -2.15. The molecule has 0 aliphatic rings. The van der Waals surface area contributed by atoms with E-state index in [1.807, 2.05) is 12.1 Å². The number of hydrogen-bond acceptors (Lipinski definition) is 6. The molecular formula is C13H18N6. The Morgan fingerprint density at radius 2 is 1.89 bits per heavy atom. The number of nitrogens with zero attached hydrogens (tertiary/aromatic N) is 3. The molecular weight excluding hydrogens is 240 g/mol. The fraction of sp³-hybridized carbons (Fsp3) is 0.308. The summed E-state index contributed by atoms with van der Waals surface area (Å²) < 4.78 is 0. The molecule has 0 aromatic carbocycles. The molecule has 2 rings (SSSR count). The van der Waals surface area contributed by atoms with Crippen LogP contribution in [0.3, 0.4) is 0 Å². The topological polar surface area (TPSA) is 88.8 Å². The highest BCUT2D eigenvalue weighted by atomic mass is 15.1. The van der Waals surface area contributed by atoms with Crippen molar-refractivity contribution >= 4 is 23.0 Å². The van der Waals surface area contributed by atoms with Crippen LogP contribution in [0.1, 0.15) is 20.3 Å². The SMILES string of the molecule is CCC(C)Nc1ncnc(Nc2ccncc2)c1N. The molecule has 2 heterocycles. The van der Waals surface area contributed by atoms with Crippen LogP contribution in [0.2, 0.25) is 0 Å². The predicted octanol–water partition coefficient (Wildman–Crippen LogP) is 2.41. The van der Waals surface area contributed by atoms with Gasteiger partial charge in [0, 0.05) is 24.1 Å². The van der Waals surface area contributed by atoms with Gasteiger partial charge in [-0.05, 0) is 25.5 Å². The molecule has 2 aromatic rings. The van der Waals surface area contributed by atoms with Gasteiger partial charge in [0.25, 0.3) is 0 Å². The first-order valence-electron chi connectivity index (χ1n) is 6.24. The summed E-state index contributed by atoms with van der Waals surface area (Å²) in [6.45, 7) is 4.18. The van der Waals surface area contributed by atoms with Crippen molar-refractivity contribution in [2.24, 2.45) is 0 Å². The fourth-order valence-corrected chi connectivity index (χ4v) is 1.52. The van der Waals surface area contributed by atoms with Gasteiger partial charge in [0.2, 0.25) is 0 Å². The van der Waals surface area contributed by atoms with Crippen molar-refractivity contribution in [3.8, 4) is 0 Å². The van der Waals surface area contributed by atoms with Crippen molar-refractivity contribution in [3.63, 3.8) is 0 Å². The Labute approximate surface area is 112 Å². The summed E-state index contributed by atoms with van der Waals surface area (Å²) in [4.78, 5) is 12.3. The van der Waals surface area contributed by atoms with Crippen LogP contribution in [-0.2, 0) is 0 Å². The van der Waals surface area contributed by atoms with Crippen molar-refractivity contribution in [1.29, 1.82) is 0 Å². The molecule has 6 nitrogen and oxygen atoms in total. The van der Waals surface area contributed by atoms with Gasteiger partial charge in [-0.25, -0.2) is 9.97 Å². The van der Waals surface area contributed by atoms with E-state index in [1.165, 1.54) is 6.33 Å². The Kier molecular flexibility index (Phi) is 4.12. The lowest BCUT2D eigenvalue weighted by Crippen LogP contribution is -2.16. The van der Waals surface area contributed by atoms with Crippen molar-refractivity contribution in [1.82, 2.24) is 15.0 Å². The Morgan fingerprint density at radius 1 is 1.21 bits per heavy atom. The standard InChI is InChI=1S/C13H18N6/c1-3-9(2)18-12-11(14)13(17-8-16-12)19-10-4-6-15-7-5-10/h4-9H,3,14H2,1-2H3,(H2,15,16,17,18,19). The Morgan fingerprint density at radius 3 is 2.58 bits per heavy atom. The van der Waals surface area contributed by atoms with E-state index in [4.69, 9.17) is 5.73 Å². The van der Waals surface area contributed by atoms with Crippen LogP contribution in [0.15, 0.2) is 30.9 Å². The van der Waals surface area contributed by atoms with Gasteiger partial charge in [-0.3, -0.25) is 4.98 Å². The van der Waals surface area contributed by atoms with E-state index in [-0.39, 0.29) is 0 Å². The van der Waals surface area contributed by atoms with Gasteiger partial charge >= 0.3 is 0 Å². The van der Waals surface area contributed by atoms with E-state index < -0.39 is 0 Å². The van der Waals surface area contributed by atoms with Gasteiger partial charge < -0.3 is 16.4 Å². The van der Waals surface area contributed by atoms with E-state index in [9.17, 15) is 0 Å². The zero-order valence-corrected chi connectivity index (χ0v) is 11.1. The molecule has 0 amide bonds. The highest BCUT2D eigenvalue weighted by Crippen LogP contribution is 2.25. The number of hydrogen-bond donors (Lipinski definition) is 3. The first kappa shape index (κ1) is 13.1. The molecule has 0 aliphatic carbocycles. The smallest absolute Gasteiger partial charge is 0.159 e. The number of nitrogens with two attached hydrogens (primary N) is 1. The van der Waals surface area contributed by atoms with Gasteiger partial charge in [-0.2, -0.15) is 0 Å². The van der Waals surface area contributed by atoms with E-state index in [1.54, 1.807) is 12.4 Å². The van der Waals surface area contributed by atoms with E-state index >= 15 is 0 Å². The Hall–Kier alpha value is -2.37. The number of rotatable bonds is 5. The summed E-state index contributed by atoms with van der Waals surface area (Å²) in [5.41, 5.74) is 7.47. The van der Waals surface area contributed by atoms with E-state index in [0.717, 1.165) is 12.1 Å². The summed E-state index contributed by atoms with van der Waals surface area (Å²) in [5, 5.41) is 6.41. The zero-order chi connectivity index (χ0) is 13.7. The van der Waals surface area contributed by atoms with Crippen LogP contribution in [0.25, 0.3) is 0 Å². The van der Waals surface area contributed by atoms with Crippen LogP contribution in [-0.4, -0.2) is 21.0 Å². The van der Waals surface area contributed by atoms with E-state index in [0.29, 0.717) is 23.4 Å². The van der Waals surface area contributed by atoms with Crippen molar-refractivity contribution in [2.75, 3.05) is 16.4 Å². The zero-order valence-electron chi connectivity index (χ0n) is 11.1. The van der Waals surface area contributed by atoms with Crippen LogP contribution < -0.4 is 16.4 Å².